The average Bonchev–Trinajstić information content (AvgIpc) is 3.14. The first-order chi connectivity index (χ1) is 12.5. The number of halogens is 1. The maximum absolute atomic E-state index is 12.5. The molecular weight excluding hydrogens is 356 g/mol. The normalized spacial score (nSPS) is 13.5. The van der Waals surface area contributed by atoms with E-state index in [0.29, 0.717) is 11.6 Å². The van der Waals surface area contributed by atoms with Crippen LogP contribution in [0.15, 0.2) is 30.5 Å². The third-order valence-electron chi connectivity index (χ3n) is 3.98. The fraction of sp³-hybridized carbons (Fsp3) is 0.294. The summed E-state index contributed by atoms with van der Waals surface area (Å²) in [6, 6.07) is 6.37. The van der Waals surface area contributed by atoms with Crippen molar-refractivity contribution in [3.05, 3.63) is 46.7 Å². The minimum absolute atomic E-state index is 0.148. The van der Waals surface area contributed by atoms with Crippen LogP contribution >= 0.6 is 11.6 Å². The van der Waals surface area contributed by atoms with Crippen molar-refractivity contribution >= 4 is 35.2 Å². The number of aromatic nitrogens is 2. The molecule has 1 aliphatic rings. The van der Waals surface area contributed by atoms with E-state index in [-0.39, 0.29) is 23.2 Å². The summed E-state index contributed by atoms with van der Waals surface area (Å²) in [5.41, 5.74) is 6.61. The summed E-state index contributed by atoms with van der Waals surface area (Å²) in [4.78, 5) is 34.0. The monoisotopic (exact) mass is 374 g/mol. The fourth-order valence-corrected chi connectivity index (χ4v) is 2.93. The Balaban J connectivity index is 1.68. The van der Waals surface area contributed by atoms with Crippen molar-refractivity contribution in [3.63, 3.8) is 0 Å². The van der Waals surface area contributed by atoms with Gasteiger partial charge in [0.05, 0.1) is 11.2 Å². The number of primary amides is 1. The number of hydrogen-bond acceptors (Lipinski definition) is 5. The number of carbonyl (C=O) groups is 2. The van der Waals surface area contributed by atoms with Crippen LogP contribution in [0.1, 0.15) is 28.9 Å². The molecule has 2 heterocycles. The van der Waals surface area contributed by atoms with E-state index < -0.39 is 6.03 Å². The van der Waals surface area contributed by atoms with E-state index in [4.69, 9.17) is 17.3 Å². The molecule has 3 amide bonds. The Morgan fingerprint density at radius 1 is 1.27 bits per heavy atom. The highest BCUT2D eigenvalue weighted by atomic mass is 35.5. The summed E-state index contributed by atoms with van der Waals surface area (Å²) in [7, 11) is 0. The molecule has 26 heavy (non-hydrogen) atoms. The van der Waals surface area contributed by atoms with Crippen molar-refractivity contribution in [2.45, 2.75) is 19.4 Å². The van der Waals surface area contributed by atoms with Gasteiger partial charge in [-0.05, 0) is 30.5 Å². The highest BCUT2D eigenvalue weighted by molar-refractivity contribution is 6.33. The lowest BCUT2D eigenvalue weighted by molar-refractivity contribution is 0.0946. The van der Waals surface area contributed by atoms with Gasteiger partial charge in [-0.15, -0.1) is 0 Å². The first-order valence-electron chi connectivity index (χ1n) is 8.24. The van der Waals surface area contributed by atoms with Crippen molar-refractivity contribution in [2.75, 3.05) is 23.3 Å². The van der Waals surface area contributed by atoms with Gasteiger partial charge in [-0.25, -0.2) is 14.8 Å². The molecule has 2 aromatic rings. The molecule has 136 valence electrons. The van der Waals surface area contributed by atoms with E-state index >= 15 is 0 Å². The molecule has 0 bridgehead atoms. The van der Waals surface area contributed by atoms with Crippen LogP contribution in [0.4, 0.5) is 16.4 Å². The molecular formula is C17H19ClN6O2. The van der Waals surface area contributed by atoms with Crippen LogP contribution in [0.3, 0.4) is 0 Å². The predicted octanol–water partition coefficient (Wildman–Crippen LogP) is 2.15. The number of urea groups is 1. The number of rotatable bonds is 5. The highest BCUT2D eigenvalue weighted by Crippen LogP contribution is 2.20. The van der Waals surface area contributed by atoms with Crippen molar-refractivity contribution in [3.8, 4) is 0 Å². The SMILES string of the molecule is NC(=O)Nc1cccc(CNC(=O)c2nc(N3CCCC3)ncc2Cl)c1. The molecule has 3 rings (SSSR count). The van der Waals surface area contributed by atoms with Crippen LogP contribution in [0.2, 0.25) is 5.02 Å². The van der Waals surface area contributed by atoms with Gasteiger partial charge in [0.15, 0.2) is 5.69 Å². The Kier molecular flexibility index (Phi) is 5.52. The van der Waals surface area contributed by atoms with Gasteiger partial charge in [0.2, 0.25) is 5.95 Å². The molecule has 0 unspecified atom stereocenters. The lowest BCUT2D eigenvalue weighted by atomic mass is 10.2. The quantitative estimate of drug-likeness (QED) is 0.742. The topological polar surface area (TPSA) is 113 Å². The van der Waals surface area contributed by atoms with Gasteiger partial charge in [-0.2, -0.15) is 0 Å². The van der Waals surface area contributed by atoms with E-state index in [0.717, 1.165) is 31.5 Å². The van der Waals surface area contributed by atoms with Gasteiger partial charge in [0, 0.05) is 25.3 Å². The number of benzene rings is 1. The Hall–Kier alpha value is -2.87. The van der Waals surface area contributed by atoms with Gasteiger partial charge < -0.3 is 21.3 Å². The van der Waals surface area contributed by atoms with Crippen LogP contribution < -0.4 is 21.3 Å². The average molecular weight is 375 g/mol. The summed E-state index contributed by atoms with van der Waals surface area (Å²) < 4.78 is 0. The molecule has 0 atom stereocenters. The highest BCUT2D eigenvalue weighted by Gasteiger charge is 2.19. The second-order valence-corrected chi connectivity index (χ2v) is 6.34. The number of hydrogen-bond donors (Lipinski definition) is 3. The Labute approximate surface area is 155 Å². The Morgan fingerprint density at radius 2 is 2.04 bits per heavy atom. The van der Waals surface area contributed by atoms with E-state index in [1.54, 1.807) is 18.2 Å². The first-order valence-corrected chi connectivity index (χ1v) is 8.62. The third-order valence-corrected chi connectivity index (χ3v) is 4.26. The zero-order valence-electron chi connectivity index (χ0n) is 14.0. The van der Waals surface area contributed by atoms with Gasteiger partial charge in [0.25, 0.3) is 5.91 Å². The summed E-state index contributed by atoms with van der Waals surface area (Å²) >= 11 is 6.10. The summed E-state index contributed by atoms with van der Waals surface area (Å²) in [5, 5.41) is 5.47. The lowest BCUT2D eigenvalue weighted by Gasteiger charge is -2.16. The van der Waals surface area contributed by atoms with Gasteiger partial charge in [-0.3, -0.25) is 4.79 Å². The molecule has 0 aliphatic carbocycles. The van der Waals surface area contributed by atoms with Crippen LogP contribution in [-0.2, 0) is 6.54 Å². The molecule has 0 saturated carbocycles. The van der Waals surface area contributed by atoms with Gasteiger partial charge >= 0.3 is 6.03 Å². The zero-order chi connectivity index (χ0) is 18.5. The van der Waals surface area contributed by atoms with Crippen LogP contribution in [0.25, 0.3) is 0 Å². The van der Waals surface area contributed by atoms with Crippen LogP contribution in [0, 0.1) is 0 Å². The molecule has 0 radical (unpaired) electrons. The van der Waals surface area contributed by atoms with E-state index in [1.807, 2.05) is 11.0 Å². The first kappa shape index (κ1) is 17.9. The second kappa shape index (κ2) is 8.01. The largest absolute Gasteiger partial charge is 0.351 e. The summed E-state index contributed by atoms with van der Waals surface area (Å²) in [5.74, 6) is 0.135. The molecule has 4 N–H and O–H groups in total. The van der Waals surface area contributed by atoms with Gasteiger partial charge in [-0.1, -0.05) is 23.7 Å². The molecule has 1 aromatic heterocycles. The fourth-order valence-electron chi connectivity index (χ4n) is 2.75. The van der Waals surface area contributed by atoms with Crippen LogP contribution in [-0.4, -0.2) is 35.0 Å². The van der Waals surface area contributed by atoms with Crippen molar-refractivity contribution < 1.29 is 9.59 Å². The Bertz CT molecular complexity index is 823. The van der Waals surface area contributed by atoms with Crippen molar-refractivity contribution in [1.82, 2.24) is 15.3 Å². The summed E-state index contributed by atoms with van der Waals surface area (Å²) in [6.45, 7) is 2.01. The minimum Gasteiger partial charge on any atom is -0.351 e. The molecule has 1 aliphatic heterocycles. The number of nitrogens with two attached hydrogens (primary N) is 1. The van der Waals surface area contributed by atoms with E-state index in [2.05, 4.69) is 20.6 Å². The number of carbonyl (C=O) groups excluding carboxylic acids is 2. The molecule has 0 spiro atoms. The number of nitrogens with one attached hydrogen (secondary N) is 2. The standard InChI is InChI=1S/C17H19ClN6O2/c18-13-10-21-17(24-6-1-2-7-24)23-14(13)15(25)20-9-11-4-3-5-12(8-11)22-16(19)26/h3-5,8,10H,1-2,6-7,9H2,(H,20,25)(H3,19,22,26). The van der Waals surface area contributed by atoms with Crippen LogP contribution in [0.5, 0.6) is 0 Å². The van der Waals surface area contributed by atoms with Gasteiger partial charge in [0.1, 0.15) is 0 Å². The van der Waals surface area contributed by atoms with Crippen molar-refractivity contribution in [1.29, 1.82) is 0 Å². The lowest BCUT2D eigenvalue weighted by Crippen LogP contribution is -2.27. The number of anilines is 2. The Morgan fingerprint density at radius 3 is 2.77 bits per heavy atom. The molecule has 1 saturated heterocycles. The zero-order valence-corrected chi connectivity index (χ0v) is 14.8. The van der Waals surface area contributed by atoms with E-state index in [9.17, 15) is 9.59 Å². The predicted molar refractivity (Wildman–Crippen MR) is 99.3 cm³/mol. The number of amides is 3. The molecule has 8 nitrogen and oxygen atoms in total. The second-order valence-electron chi connectivity index (χ2n) is 5.93. The maximum Gasteiger partial charge on any atom is 0.316 e. The van der Waals surface area contributed by atoms with E-state index in [1.165, 1.54) is 6.20 Å². The summed E-state index contributed by atoms with van der Waals surface area (Å²) in [6.07, 6.45) is 3.63. The molecule has 1 aromatic carbocycles. The van der Waals surface area contributed by atoms with Crippen molar-refractivity contribution in [2.24, 2.45) is 5.73 Å². The number of nitrogens with zero attached hydrogens (tertiary/aromatic N) is 3. The third kappa shape index (κ3) is 4.40. The smallest absolute Gasteiger partial charge is 0.316 e. The molecule has 1 fully saturated rings. The maximum atomic E-state index is 12.5. The minimum atomic E-state index is -0.645. The molecule has 9 heteroatoms.